The van der Waals surface area contributed by atoms with Crippen LogP contribution in [0.5, 0.6) is 0 Å². The highest BCUT2D eigenvalue weighted by Gasteiger charge is 2.17. The Bertz CT molecular complexity index is 753. The van der Waals surface area contributed by atoms with Gasteiger partial charge < -0.3 is 5.32 Å². The van der Waals surface area contributed by atoms with E-state index in [1.165, 1.54) is 36.0 Å². The molecule has 0 heterocycles. The lowest BCUT2D eigenvalue weighted by atomic mass is 9.89. The minimum Gasteiger partial charge on any atom is -0.345 e. The number of thioether (sulfide) groups is 1. The maximum absolute atomic E-state index is 12.8. The van der Waals surface area contributed by atoms with E-state index in [2.05, 4.69) is 44.3 Å². The van der Waals surface area contributed by atoms with E-state index >= 15 is 0 Å². The molecule has 2 aromatic rings. The van der Waals surface area contributed by atoms with Gasteiger partial charge in [0.15, 0.2) is 0 Å². The average Bonchev–Trinajstić information content (AvgIpc) is 2.61. The highest BCUT2D eigenvalue weighted by molar-refractivity contribution is 8.00. The Morgan fingerprint density at radius 3 is 2.48 bits per heavy atom. The monoisotopic (exact) mass is 353 g/mol. The summed E-state index contributed by atoms with van der Waals surface area (Å²) in [5.41, 5.74) is 4.90. The summed E-state index contributed by atoms with van der Waals surface area (Å²) in [6.45, 7) is 6.37. The van der Waals surface area contributed by atoms with Crippen LogP contribution in [0.1, 0.15) is 66.7 Å². The normalized spacial score (nSPS) is 14.9. The minimum absolute atomic E-state index is 0.00831. The first kappa shape index (κ1) is 18.1. The van der Waals surface area contributed by atoms with E-state index in [1.807, 2.05) is 24.3 Å². The van der Waals surface area contributed by atoms with Gasteiger partial charge in [-0.25, -0.2) is 0 Å². The van der Waals surface area contributed by atoms with E-state index in [0.717, 1.165) is 16.9 Å². The Hall–Kier alpha value is -1.74. The molecule has 0 aromatic heterocycles. The topological polar surface area (TPSA) is 29.1 Å². The van der Waals surface area contributed by atoms with Gasteiger partial charge in [0.25, 0.3) is 5.91 Å². The number of carbonyl (C=O) groups excluding carboxylic acids is 1. The molecule has 2 nitrogen and oxygen atoms in total. The lowest BCUT2D eigenvalue weighted by Crippen LogP contribution is -2.27. The van der Waals surface area contributed by atoms with Crippen LogP contribution >= 0.6 is 11.8 Å². The van der Waals surface area contributed by atoms with Gasteiger partial charge in [-0.2, -0.15) is 0 Å². The standard InChI is InChI=1S/C22H27NOS/c1-15(2)25-21-11-7-6-10-20(21)22(24)23-16(3)18-13-12-17-8-4-5-9-19(17)14-18/h6-7,10-16H,4-5,8-9H2,1-3H3,(H,23,24). The van der Waals surface area contributed by atoms with Crippen LogP contribution < -0.4 is 5.32 Å². The predicted molar refractivity (Wildman–Crippen MR) is 106 cm³/mol. The van der Waals surface area contributed by atoms with Crippen molar-refractivity contribution in [3.05, 3.63) is 64.7 Å². The van der Waals surface area contributed by atoms with Crippen molar-refractivity contribution in [1.82, 2.24) is 5.32 Å². The summed E-state index contributed by atoms with van der Waals surface area (Å²) in [6, 6.07) is 14.6. The molecule has 3 rings (SSSR count). The molecule has 0 saturated heterocycles. The molecule has 0 fully saturated rings. The number of hydrogen-bond donors (Lipinski definition) is 1. The van der Waals surface area contributed by atoms with E-state index in [4.69, 9.17) is 0 Å². The number of benzene rings is 2. The molecule has 2 aromatic carbocycles. The van der Waals surface area contributed by atoms with E-state index in [0.29, 0.717) is 5.25 Å². The summed E-state index contributed by atoms with van der Waals surface area (Å²) in [5.74, 6) is 0.00831. The molecule has 25 heavy (non-hydrogen) atoms. The van der Waals surface area contributed by atoms with Gasteiger partial charge in [0, 0.05) is 10.1 Å². The number of aryl methyl sites for hydroxylation is 2. The second-order valence-electron chi connectivity index (χ2n) is 7.09. The predicted octanol–water partition coefficient (Wildman–Crippen LogP) is 5.56. The molecule has 1 N–H and O–H groups in total. The Labute approximate surface area is 155 Å². The number of amides is 1. The molecule has 0 radical (unpaired) electrons. The highest BCUT2D eigenvalue weighted by Crippen LogP contribution is 2.28. The van der Waals surface area contributed by atoms with Crippen LogP contribution in [0.3, 0.4) is 0 Å². The zero-order chi connectivity index (χ0) is 17.8. The number of fused-ring (bicyclic) bond motifs is 1. The van der Waals surface area contributed by atoms with Crippen molar-refractivity contribution in [1.29, 1.82) is 0 Å². The molecule has 132 valence electrons. The first-order chi connectivity index (χ1) is 12.0. The lowest BCUT2D eigenvalue weighted by molar-refractivity contribution is 0.0937. The summed E-state index contributed by atoms with van der Waals surface area (Å²) in [7, 11) is 0. The first-order valence-electron chi connectivity index (χ1n) is 9.23. The fourth-order valence-corrected chi connectivity index (χ4v) is 4.34. The van der Waals surface area contributed by atoms with Crippen LogP contribution in [0.4, 0.5) is 0 Å². The Morgan fingerprint density at radius 2 is 1.72 bits per heavy atom. The Morgan fingerprint density at radius 1 is 1.00 bits per heavy atom. The fourth-order valence-electron chi connectivity index (χ4n) is 3.39. The minimum atomic E-state index is 0.00831. The van der Waals surface area contributed by atoms with Gasteiger partial charge in [-0.3, -0.25) is 4.79 Å². The van der Waals surface area contributed by atoms with Gasteiger partial charge in [-0.1, -0.05) is 44.2 Å². The summed E-state index contributed by atoms with van der Waals surface area (Å²) in [5, 5.41) is 3.63. The second-order valence-corrected chi connectivity index (χ2v) is 8.71. The number of hydrogen-bond acceptors (Lipinski definition) is 2. The summed E-state index contributed by atoms with van der Waals surface area (Å²) in [4.78, 5) is 13.8. The number of carbonyl (C=O) groups is 1. The van der Waals surface area contributed by atoms with Crippen molar-refractivity contribution in [3.8, 4) is 0 Å². The van der Waals surface area contributed by atoms with Crippen LogP contribution in [0.25, 0.3) is 0 Å². The molecule has 1 amide bonds. The van der Waals surface area contributed by atoms with Gasteiger partial charge in [0.2, 0.25) is 0 Å². The van der Waals surface area contributed by atoms with E-state index in [1.54, 1.807) is 11.8 Å². The molecule has 0 aliphatic heterocycles. The highest BCUT2D eigenvalue weighted by atomic mass is 32.2. The largest absolute Gasteiger partial charge is 0.345 e. The molecule has 0 bridgehead atoms. The van der Waals surface area contributed by atoms with Crippen molar-refractivity contribution >= 4 is 17.7 Å². The lowest BCUT2D eigenvalue weighted by Gasteiger charge is -2.20. The number of rotatable bonds is 5. The SMILES string of the molecule is CC(C)Sc1ccccc1C(=O)NC(C)c1ccc2c(c1)CCCC2. The van der Waals surface area contributed by atoms with Crippen molar-refractivity contribution < 1.29 is 4.79 Å². The van der Waals surface area contributed by atoms with Crippen molar-refractivity contribution in [2.75, 3.05) is 0 Å². The van der Waals surface area contributed by atoms with Gasteiger partial charge in [-0.15, -0.1) is 11.8 Å². The van der Waals surface area contributed by atoms with Crippen LogP contribution in [-0.4, -0.2) is 11.2 Å². The van der Waals surface area contributed by atoms with E-state index in [-0.39, 0.29) is 11.9 Å². The Balaban J connectivity index is 1.75. The van der Waals surface area contributed by atoms with E-state index < -0.39 is 0 Å². The third kappa shape index (κ3) is 4.46. The first-order valence-corrected chi connectivity index (χ1v) is 10.1. The van der Waals surface area contributed by atoms with Crippen LogP contribution in [-0.2, 0) is 12.8 Å². The molecule has 1 unspecified atom stereocenters. The molecular formula is C22H27NOS. The maximum atomic E-state index is 12.8. The Kier molecular flexibility index (Phi) is 5.85. The zero-order valence-corrected chi connectivity index (χ0v) is 16.2. The average molecular weight is 354 g/mol. The molecular weight excluding hydrogens is 326 g/mol. The molecule has 1 aliphatic carbocycles. The third-order valence-electron chi connectivity index (χ3n) is 4.71. The van der Waals surface area contributed by atoms with Crippen molar-refractivity contribution in [2.45, 2.75) is 62.6 Å². The number of nitrogens with one attached hydrogen (secondary N) is 1. The molecule has 0 saturated carbocycles. The van der Waals surface area contributed by atoms with Crippen LogP contribution in [0.2, 0.25) is 0 Å². The van der Waals surface area contributed by atoms with Crippen molar-refractivity contribution in [2.24, 2.45) is 0 Å². The van der Waals surface area contributed by atoms with Crippen LogP contribution in [0.15, 0.2) is 47.4 Å². The van der Waals surface area contributed by atoms with Gasteiger partial charge in [-0.05, 0) is 61.4 Å². The second kappa shape index (κ2) is 8.09. The zero-order valence-electron chi connectivity index (χ0n) is 15.3. The summed E-state index contributed by atoms with van der Waals surface area (Å²) < 4.78 is 0. The molecule has 1 atom stereocenters. The van der Waals surface area contributed by atoms with E-state index in [9.17, 15) is 4.79 Å². The molecule has 3 heteroatoms. The third-order valence-corrected chi connectivity index (χ3v) is 5.80. The molecule has 0 spiro atoms. The summed E-state index contributed by atoms with van der Waals surface area (Å²) >= 11 is 1.73. The van der Waals surface area contributed by atoms with Gasteiger partial charge in [0.05, 0.1) is 11.6 Å². The van der Waals surface area contributed by atoms with Gasteiger partial charge in [0.1, 0.15) is 0 Å². The quantitative estimate of drug-likeness (QED) is 0.713. The van der Waals surface area contributed by atoms with Crippen molar-refractivity contribution in [3.63, 3.8) is 0 Å². The molecule has 1 aliphatic rings. The smallest absolute Gasteiger partial charge is 0.252 e. The maximum Gasteiger partial charge on any atom is 0.252 e. The fraction of sp³-hybridized carbons (Fsp3) is 0.409. The van der Waals surface area contributed by atoms with Crippen LogP contribution in [0, 0.1) is 0 Å². The summed E-state index contributed by atoms with van der Waals surface area (Å²) in [6.07, 6.45) is 4.92. The van der Waals surface area contributed by atoms with Gasteiger partial charge >= 0.3 is 0 Å².